The van der Waals surface area contributed by atoms with E-state index in [-0.39, 0.29) is 6.61 Å². The molecule has 94 valence electrons. The maximum absolute atomic E-state index is 10.8. The van der Waals surface area contributed by atoms with Crippen molar-refractivity contribution in [2.45, 2.75) is 6.61 Å². The lowest BCUT2D eigenvalue weighted by Gasteiger charge is -1.99. The standard InChI is InChI=1S/C12H14N4O2/c1-16-11(14-12(13)18)6-10(15-16)9-4-2-8(7-17)3-5-9/h2-6,17H,7H2,1H3,(H3,13,14,18). The zero-order valence-corrected chi connectivity index (χ0v) is 9.92. The van der Waals surface area contributed by atoms with Crippen molar-refractivity contribution in [2.75, 3.05) is 5.32 Å². The van der Waals surface area contributed by atoms with Gasteiger partial charge in [0, 0.05) is 18.7 Å². The summed E-state index contributed by atoms with van der Waals surface area (Å²) in [6.45, 7) is 0.0109. The highest BCUT2D eigenvalue weighted by molar-refractivity contribution is 5.87. The number of aliphatic hydroxyl groups excluding tert-OH is 1. The molecule has 6 nitrogen and oxygen atoms in total. The van der Waals surface area contributed by atoms with Gasteiger partial charge in [-0.3, -0.25) is 10.00 Å². The number of benzene rings is 1. The first-order chi connectivity index (χ1) is 8.60. The van der Waals surface area contributed by atoms with Gasteiger partial charge in [0.2, 0.25) is 0 Å². The smallest absolute Gasteiger partial charge is 0.317 e. The van der Waals surface area contributed by atoms with Crippen LogP contribution >= 0.6 is 0 Å². The molecule has 0 saturated carbocycles. The average molecular weight is 246 g/mol. The number of hydrogen-bond acceptors (Lipinski definition) is 3. The summed E-state index contributed by atoms with van der Waals surface area (Å²) in [5.41, 5.74) is 7.53. The fraction of sp³-hybridized carbons (Fsp3) is 0.167. The van der Waals surface area contributed by atoms with Crippen LogP contribution in [0.3, 0.4) is 0 Å². The molecular formula is C12H14N4O2. The Morgan fingerprint density at radius 1 is 1.44 bits per heavy atom. The zero-order chi connectivity index (χ0) is 13.1. The van der Waals surface area contributed by atoms with Crippen LogP contribution in [0.4, 0.5) is 10.6 Å². The largest absolute Gasteiger partial charge is 0.392 e. The van der Waals surface area contributed by atoms with Crippen molar-refractivity contribution in [1.82, 2.24) is 9.78 Å². The van der Waals surface area contributed by atoms with Gasteiger partial charge in [-0.2, -0.15) is 5.10 Å². The second-order valence-corrected chi connectivity index (χ2v) is 3.88. The van der Waals surface area contributed by atoms with E-state index in [2.05, 4.69) is 10.4 Å². The highest BCUT2D eigenvalue weighted by Crippen LogP contribution is 2.21. The van der Waals surface area contributed by atoms with Crippen molar-refractivity contribution >= 4 is 11.8 Å². The van der Waals surface area contributed by atoms with Gasteiger partial charge in [-0.1, -0.05) is 24.3 Å². The molecule has 1 aromatic heterocycles. The van der Waals surface area contributed by atoms with Gasteiger partial charge in [-0.25, -0.2) is 4.79 Å². The van der Waals surface area contributed by atoms with Crippen molar-refractivity contribution in [1.29, 1.82) is 0 Å². The van der Waals surface area contributed by atoms with Crippen LogP contribution in [0.5, 0.6) is 0 Å². The first kappa shape index (κ1) is 12.1. The third kappa shape index (κ3) is 2.49. The Morgan fingerprint density at radius 2 is 2.11 bits per heavy atom. The van der Waals surface area contributed by atoms with E-state index in [4.69, 9.17) is 10.8 Å². The molecule has 0 unspecified atom stereocenters. The van der Waals surface area contributed by atoms with Crippen LogP contribution < -0.4 is 11.1 Å². The van der Waals surface area contributed by atoms with E-state index in [9.17, 15) is 4.79 Å². The molecule has 0 aliphatic rings. The first-order valence-corrected chi connectivity index (χ1v) is 5.41. The molecule has 18 heavy (non-hydrogen) atoms. The molecule has 0 aliphatic heterocycles. The Balaban J connectivity index is 2.30. The number of aryl methyl sites for hydroxylation is 1. The number of primary amides is 1. The molecule has 0 aliphatic carbocycles. The summed E-state index contributed by atoms with van der Waals surface area (Å²) < 4.78 is 1.54. The lowest BCUT2D eigenvalue weighted by Crippen LogP contribution is -2.20. The summed E-state index contributed by atoms with van der Waals surface area (Å²) in [6, 6.07) is 8.49. The fourth-order valence-electron chi connectivity index (χ4n) is 1.63. The number of nitrogens with zero attached hydrogens (tertiary/aromatic N) is 2. The molecule has 0 spiro atoms. The van der Waals surface area contributed by atoms with Gasteiger partial charge >= 0.3 is 6.03 Å². The second kappa shape index (κ2) is 4.89. The molecular weight excluding hydrogens is 232 g/mol. The number of hydrogen-bond donors (Lipinski definition) is 3. The highest BCUT2D eigenvalue weighted by Gasteiger charge is 2.08. The van der Waals surface area contributed by atoms with Gasteiger partial charge in [-0.05, 0) is 5.56 Å². The van der Waals surface area contributed by atoms with Crippen LogP contribution in [0.15, 0.2) is 30.3 Å². The average Bonchev–Trinajstić information content (AvgIpc) is 2.70. The van der Waals surface area contributed by atoms with Crippen LogP contribution in [0, 0.1) is 0 Å². The Hall–Kier alpha value is -2.34. The number of nitrogens with one attached hydrogen (secondary N) is 1. The SMILES string of the molecule is Cn1nc(-c2ccc(CO)cc2)cc1NC(N)=O. The number of aliphatic hydroxyl groups is 1. The number of carbonyl (C=O) groups is 1. The maximum atomic E-state index is 10.8. The molecule has 0 fully saturated rings. The lowest BCUT2D eigenvalue weighted by atomic mass is 10.1. The van der Waals surface area contributed by atoms with Gasteiger partial charge in [0.15, 0.2) is 0 Å². The quantitative estimate of drug-likeness (QED) is 0.756. The van der Waals surface area contributed by atoms with Crippen LogP contribution in [0.25, 0.3) is 11.3 Å². The maximum Gasteiger partial charge on any atom is 0.317 e. The molecule has 2 amide bonds. The minimum absolute atomic E-state index is 0.0109. The van der Waals surface area contributed by atoms with Crippen LogP contribution in [-0.4, -0.2) is 20.9 Å². The minimum Gasteiger partial charge on any atom is -0.392 e. The molecule has 0 saturated heterocycles. The highest BCUT2D eigenvalue weighted by atomic mass is 16.3. The fourth-order valence-corrected chi connectivity index (χ4v) is 1.63. The molecule has 2 aromatic rings. The topological polar surface area (TPSA) is 93.2 Å². The molecule has 6 heteroatoms. The van der Waals surface area contributed by atoms with Gasteiger partial charge in [0.25, 0.3) is 0 Å². The van der Waals surface area contributed by atoms with Gasteiger partial charge in [-0.15, -0.1) is 0 Å². The number of amides is 2. The minimum atomic E-state index is -0.625. The van der Waals surface area contributed by atoms with E-state index in [1.807, 2.05) is 24.3 Å². The van der Waals surface area contributed by atoms with Gasteiger partial charge in [0.05, 0.1) is 12.3 Å². The predicted molar refractivity (Wildman–Crippen MR) is 67.8 cm³/mol. The second-order valence-electron chi connectivity index (χ2n) is 3.88. The van der Waals surface area contributed by atoms with Crippen LogP contribution in [0.2, 0.25) is 0 Å². The monoisotopic (exact) mass is 246 g/mol. The Kier molecular flexibility index (Phi) is 3.29. The van der Waals surface area contributed by atoms with E-state index in [1.165, 1.54) is 0 Å². The summed E-state index contributed by atoms with van der Waals surface area (Å²) in [7, 11) is 1.72. The van der Waals surface area contributed by atoms with Crippen molar-refractivity contribution in [3.05, 3.63) is 35.9 Å². The van der Waals surface area contributed by atoms with Gasteiger partial charge < -0.3 is 10.8 Å². The molecule has 0 atom stereocenters. The lowest BCUT2D eigenvalue weighted by molar-refractivity contribution is 0.259. The molecule has 0 bridgehead atoms. The normalized spacial score (nSPS) is 10.3. The Labute approximate surface area is 104 Å². The predicted octanol–water partition coefficient (Wildman–Crippen LogP) is 1.07. The summed E-state index contributed by atoms with van der Waals surface area (Å²) in [5, 5.41) is 15.7. The number of carbonyl (C=O) groups excluding carboxylic acids is 1. The molecule has 2 rings (SSSR count). The number of aromatic nitrogens is 2. The van der Waals surface area contributed by atoms with Crippen molar-refractivity contribution in [3.8, 4) is 11.3 Å². The van der Waals surface area contributed by atoms with E-state index in [0.29, 0.717) is 5.82 Å². The van der Waals surface area contributed by atoms with Crippen molar-refractivity contribution in [2.24, 2.45) is 12.8 Å². The van der Waals surface area contributed by atoms with Gasteiger partial charge in [0.1, 0.15) is 5.82 Å². The Bertz CT molecular complexity index is 560. The number of urea groups is 1. The molecule has 1 heterocycles. The summed E-state index contributed by atoms with van der Waals surface area (Å²) in [5.74, 6) is 0.531. The van der Waals surface area contributed by atoms with Crippen molar-refractivity contribution in [3.63, 3.8) is 0 Å². The molecule has 4 N–H and O–H groups in total. The molecule has 0 radical (unpaired) electrons. The summed E-state index contributed by atoms with van der Waals surface area (Å²) in [4.78, 5) is 10.8. The summed E-state index contributed by atoms with van der Waals surface area (Å²) in [6.07, 6.45) is 0. The summed E-state index contributed by atoms with van der Waals surface area (Å²) >= 11 is 0. The zero-order valence-electron chi connectivity index (χ0n) is 9.92. The van der Waals surface area contributed by atoms with E-state index >= 15 is 0 Å². The van der Waals surface area contributed by atoms with E-state index in [1.54, 1.807) is 17.8 Å². The number of rotatable bonds is 3. The van der Waals surface area contributed by atoms with Crippen LogP contribution in [0.1, 0.15) is 5.56 Å². The third-order valence-corrected chi connectivity index (χ3v) is 2.56. The molecule has 1 aromatic carbocycles. The van der Waals surface area contributed by atoms with Crippen molar-refractivity contribution < 1.29 is 9.90 Å². The Morgan fingerprint density at radius 3 is 2.67 bits per heavy atom. The number of nitrogens with two attached hydrogens (primary N) is 1. The number of anilines is 1. The van der Waals surface area contributed by atoms with Crippen LogP contribution in [-0.2, 0) is 13.7 Å². The van der Waals surface area contributed by atoms with E-state index < -0.39 is 6.03 Å². The third-order valence-electron chi connectivity index (χ3n) is 2.56. The van der Waals surface area contributed by atoms with E-state index in [0.717, 1.165) is 16.8 Å². The first-order valence-electron chi connectivity index (χ1n) is 5.41.